The molecule has 1 aromatic heterocycles. The number of ether oxygens (including phenoxy) is 1. The van der Waals surface area contributed by atoms with Crippen LogP contribution in [0.1, 0.15) is 5.56 Å². The monoisotopic (exact) mass is 329 g/mol. The average molecular weight is 330 g/mol. The Bertz CT molecular complexity index is 744. The first-order valence-corrected chi connectivity index (χ1v) is 6.89. The van der Waals surface area contributed by atoms with Crippen molar-refractivity contribution in [2.75, 3.05) is 5.73 Å². The van der Waals surface area contributed by atoms with Crippen molar-refractivity contribution in [2.24, 2.45) is 0 Å². The van der Waals surface area contributed by atoms with Crippen molar-refractivity contribution in [1.29, 1.82) is 0 Å². The van der Waals surface area contributed by atoms with Crippen LogP contribution in [0.25, 0.3) is 10.9 Å². The van der Waals surface area contributed by atoms with Crippen LogP contribution < -0.4 is 10.5 Å². The minimum Gasteiger partial charge on any atom is -0.472 e. The van der Waals surface area contributed by atoms with E-state index >= 15 is 0 Å². The molecule has 0 aliphatic carbocycles. The fourth-order valence-electron chi connectivity index (χ4n) is 1.90. The van der Waals surface area contributed by atoms with E-state index < -0.39 is 0 Å². The van der Waals surface area contributed by atoms with Crippen LogP contribution in [0.2, 0.25) is 0 Å². The molecule has 0 spiro atoms. The summed E-state index contributed by atoms with van der Waals surface area (Å²) in [6, 6.07) is 13.5. The number of nitrogens with zero attached hydrogens (tertiary/aromatic N) is 2. The average Bonchev–Trinajstić information content (AvgIpc) is 2.47. The van der Waals surface area contributed by atoms with Gasteiger partial charge in [0, 0.05) is 10.2 Å². The Morgan fingerprint density at radius 3 is 2.65 bits per heavy atom. The number of nitrogen functional groups attached to an aromatic ring is 1. The molecule has 0 aliphatic rings. The Labute approximate surface area is 124 Å². The van der Waals surface area contributed by atoms with E-state index in [1.54, 1.807) is 0 Å². The molecule has 0 fully saturated rings. The van der Waals surface area contributed by atoms with Crippen molar-refractivity contribution in [3.05, 3.63) is 58.8 Å². The summed E-state index contributed by atoms with van der Waals surface area (Å²) in [4.78, 5) is 8.38. The summed E-state index contributed by atoms with van der Waals surface area (Å²) in [5.41, 5.74) is 8.36. The van der Waals surface area contributed by atoms with E-state index in [0.29, 0.717) is 18.2 Å². The largest absolute Gasteiger partial charge is 0.472 e. The van der Waals surface area contributed by atoms with Crippen LogP contribution >= 0.6 is 15.9 Å². The van der Waals surface area contributed by atoms with Crippen molar-refractivity contribution < 1.29 is 4.74 Å². The lowest BCUT2D eigenvalue weighted by Crippen LogP contribution is -1.99. The second-order valence-corrected chi connectivity index (χ2v) is 5.29. The summed E-state index contributed by atoms with van der Waals surface area (Å²) in [6.07, 6.45) is 1.50. The third-order valence-electron chi connectivity index (χ3n) is 2.91. The van der Waals surface area contributed by atoms with E-state index in [9.17, 15) is 0 Å². The Hall–Kier alpha value is -2.14. The van der Waals surface area contributed by atoms with Crippen molar-refractivity contribution in [3.63, 3.8) is 0 Å². The van der Waals surface area contributed by atoms with Crippen molar-refractivity contribution in [1.82, 2.24) is 9.97 Å². The molecule has 0 atom stereocenters. The first kappa shape index (κ1) is 12.9. The van der Waals surface area contributed by atoms with Crippen LogP contribution in [0, 0.1) is 0 Å². The zero-order chi connectivity index (χ0) is 13.9. The van der Waals surface area contributed by atoms with Gasteiger partial charge in [0.05, 0.1) is 10.9 Å². The molecule has 3 rings (SSSR count). The number of rotatable bonds is 3. The van der Waals surface area contributed by atoms with Gasteiger partial charge in [-0.05, 0) is 35.9 Å². The van der Waals surface area contributed by atoms with Gasteiger partial charge in [-0.3, -0.25) is 0 Å². The summed E-state index contributed by atoms with van der Waals surface area (Å²) >= 11 is 3.41. The van der Waals surface area contributed by atoms with E-state index in [2.05, 4.69) is 25.9 Å². The lowest BCUT2D eigenvalue weighted by atomic mass is 10.2. The molecule has 0 radical (unpaired) electrons. The number of hydrogen-bond donors (Lipinski definition) is 1. The fraction of sp³-hybridized carbons (Fsp3) is 0.0667. The number of nitrogens with two attached hydrogens (primary N) is 1. The highest BCUT2D eigenvalue weighted by molar-refractivity contribution is 9.10. The highest BCUT2D eigenvalue weighted by Crippen LogP contribution is 2.24. The molecule has 2 N–H and O–H groups in total. The summed E-state index contributed by atoms with van der Waals surface area (Å²) in [5, 5.41) is 0.824. The topological polar surface area (TPSA) is 61.0 Å². The van der Waals surface area contributed by atoms with Gasteiger partial charge in [0.1, 0.15) is 12.9 Å². The number of fused-ring (bicyclic) bond motifs is 1. The van der Waals surface area contributed by atoms with Crippen molar-refractivity contribution in [3.8, 4) is 5.88 Å². The summed E-state index contributed by atoms with van der Waals surface area (Å²) in [7, 11) is 0. The highest BCUT2D eigenvalue weighted by Gasteiger charge is 2.05. The van der Waals surface area contributed by atoms with Gasteiger partial charge in [0.2, 0.25) is 5.88 Å². The molecule has 4 nitrogen and oxygen atoms in total. The molecule has 2 aromatic carbocycles. The third kappa shape index (κ3) is 2.72. The van der Waals surface area contributed by atoms with Crippen LogP contribution in [-0.4, -0.2) is 9.97 Å². The van der Waals surface area contributed by atoms with E-state index in [1.807, 2.05) is 42.5 Å². The zero-order valence-electron chi connectivity index (χ0n) is 10.6. The van der Waals surface area contributed by atoms with Gasteiger partial charge in [-0.2, -0.15) is 0 Å². The molecule has 1 heterocycles. The second kappa shape index (κ2) is 5.46. The number of hydrogen-bond acceptors (Lipinski definition) is 4. The van der Waals surface area contributed by atoms with Gasteiger partial charge in [0.15, 0.2) is 0 Å². The number of benzene rings is 2. The SMILES string of the molecule is Nc1ccc2ncnc(OCc3ccc(Br)cc3)c2c1. The zero-order valence-corrected chi connectivity index (χ0v) is 12.2. The van der Waals surface area contributed by atoms with E-state index in [-0.39, 0.29) is 0 Å². The molecule has 0 saturated carbocycles. The minimum atomic E-state index is 0.453. The molecule has 0 bridgehead atoms. The molecule has 0 unspecified atom stereocenters. The Kier molecular flexibility index (Phi) is 3.52. The maximum Gasteiger partial charge on any atom is 0.224 e. The van der Waals surface area contributed by atoms with Crippen molar-refractivity contribution in [2.45, 2.75) is 6.61 Å². The molecule has 0 saturated heterocycles. The first-order chi connectivity index (χ1) is 9.72. The summed E-state index contributed by atoms with van der Waals surface area (Å²) in [6.45, 7) is 0.453. The fourth-order valence-corrected chi connectivity index (χ4v) is 2.16. The maximum atomic E-state index is 5.80. The standard InChI is InChI=1S/C15H12BrN3O/c16-11-3-1-10(2-4-11)8-20-15-13-7-12(17)5-6-14(13)18-9-19-15/h1-7,9H,8,17H2. The number of halogens is 1. The van der Waals surface area contributed by atoms with Crippen LogP contribution in [-0.2, 0) is 6.61 Å². The molecule has 5 heteroatoms. The van der Waals surface area contributed by atoms with Gasteiger partial charge in [-0.15, -0.1) is 0 Å². The highest BCUT2D eigenvalue weighted by atomic mass is 79.9. The summed E-state index contributed by atoms with van der Waals surface area (Å²) < 4.78 is 6.82. The van der Waals surface area contributed by atoms with Gasteiger partial charge in [-0.1, -0.05) is 28.1 Å². The van der Waals surface area contributed by atoms with E-state index in [0.717, 1.165) is 20.9 Å². The molecule has 20 heavy (non-hydrogen) atoms. The van der Waals surface area contributed by atoms with Crippen LogP contribution in [0.5, 0.6) is 5.88 Å². The quantitative estimate of drug-likeness (QED) is 0.746. The normalized spacial score (nSPS) is 10.7. The van der Waals surface area contributed by atoms with E-state index in [1.165, 1.54) is 6.33 Å². The number of aromatic nitrogens is 2. The smallest absolute Gasteiger partial charge is 0.224 e. The minimum absolute atomic E-state index is 0.453. The Morgan fingerprint density at radius 2 is 1.85 bits per heavy atom. The Balaban J connectivity index is 1.87. The Morgan fingerprint density at radius 1 is 1.05 bits per heavy atom. The lowest BCUT2D eigenvalue weighted by Gasteiger charge is -2.08. The summed E-state index contributed by atoms with van der Waals surface area (Å²) in [5.74, 6) is 0.546. The molecule has 100 valence electrons. The van der Waals surface area contributed by atoms with Crippen LogP contribution in [0.15, 0.2) is 53.3 Å². The van der Waals surface area contributed by atoms with Crippen LogP contribution in [0.4, 0.5) is 5.69 Å². The van der Waals surface area contributed by atoms with E-state index in [4.69, 9.17) is 10.5 Å². The molecule has 0 amide bonds. The van der Waals surface area contributed by atoms with Crippen molar-refractivity contribution >= 4 is 32.5 Å². The van der Waals surface area contributed by atoms with Crippen LogP contribution in [0.3, 0.4) is 0 Å². The first-order valence-electron chi connectivity index (χ1n) is 6.10. The molecular formula is C15H12BrN3O. The maximum absolute atomic E-state index is 5.80. The van der Waals surface area contributed by atoms with Gasteiger partial charge in [0.25, 0.3) is 0 Å². The lowest BCUT2D eigenvalue weighted by molar-refractivity contribution is 0.297. The van der Waals surface area contributed by atoms with Gasteiger partial charge < -0.3 is 10.5 Å². The molecule has 3 aromatic rings. The van der Waals surface area contributed by atoms with Gasteiger partial charge >= 0.3 is 0 Å². The predicted octanol–water partition coefficient (Wildman–Crippen LogP) is 3.55. The second-order valence-electron chi connectivity index (χ2n) is 4.37. The molecule has 0 aliphatic heterocycles. The number of anilines is 1. The van der Waals surface area contributed by atoms with Gasteiger partial charge in [-0.25, -0.2) is 9.97 Å². The third-order valence-corrected chi connectivity index (χ3v) is 3.44. The predicted molar refractivity (Wildman–Crippen MR) is 82.4 cm³/mol. The molecular weight excluding hydrogens is 318 g/mol.